The van der Waals surface area contributed by atoms with Crippen LogP contribution in [0.5, 0.6) is 5.75 Å². The predicted molar refractivity (Wildman–Crippen MR) is 89.0 cm³/mol. The van der Waals surface area contributed by atoms with Crippen molar-refractivity contribution in [1.29, 1.82) is 0 Å². The van der Waals surface area contributed by atoms with Gasteiger partial charge in [-0.3, -0.25) is 4.79 Å². The number of primary amides is 1. The molecule has 0 heterocycles. The third-order valence-corrected chi connectivity index (χ3v) is 2.70. The molecule has 0 unspecified atom stereocenters. The Kier molecular flexibility index (Phi) is 11.6. The number of carbonyl (C=O) groups is 2. The molecule has 124 valence electrons. The van der Waals surface area contributed by atoms with Crippen LogP contribution in [-0.4, -0.2) is 24.9 Å². The smallest absolute Gasteiger partial charge is 0.498 e. The molecule has 0 aliphatic carbocycles. The van der Waals surface area contributed by atoms with Gasteiger partial charge in [0, 0.05) is 5.94 Å². The van der Waals surface area contributed by atoms with Crippen LogP contribution in [0.25, 0.3) is 10.8 Å². The number of carbonyl (C=O) groups excluding carboxylic acids is 3. The summed E-state index contributed by atoms with van der Waals surface area (Å²) >= 11 is 0. The molecule has 0 spiro atoms. The molecule has 0 saturated heterocycles. The van der Waals surface area contributed by atoms with Crippen LogP contribution in [0.3, 0.4) is 0 Å². The number of rotatable bonds is 4. The summed E-state index contributed by atoms with van der Waals surface area (Å²) in [6.07, 6.45) is 6.04. The zero-order chi connectivity index (χ0) is 17.9. The second kappa shape index (κ2) is 12.5. The van der Waals surface area contributed by atoms with Crippen LogP contribution in [0.2, 0.25) is 0 Å². The molecule has 25 heavy (non-hydrogen) atoms. The van der Waals surface area contributed by atoms with Gasteiger partial charge in [0.25, 0.3) is 0 Å². The number of methoxy groups -OCH3 is 1. The second-order valence-electron chi connectivity index (χ2n) is 4.33. The minimum atomic E-state index is -0.583. The van der Waals surface area contributed by atoms with E-state index in [0.29, 0.717) is 0 Å². The summed E-state index contributed by atoms with van der Waals surface area (Å²) < 4.78 is 5.29. The average molecular weight is 362 g/mol. The quantitative estimate of drug-likeness (QED) is 0.219. The summed E-state index contributed by atoms with van der Waals surface area (Å²) in [7, 11) is 1.61. The Labute approximate surface area is 188 Å². The first-order valence-corrected chi connectivity index (χ1v) is 6.68. The summed E-state index contributed by atoms with van der Waals surface area (Å²) in [5.41, 5.74) is 5.12. The Hall–Kier alpha value is -1.86. The molecule has 2 rings (SSSR count). The van der Waals surface area contributed by atoms with Gasteiger partial charge in [0.05, 0.1) is 18.9 Å². The van der Waals surface area contributed by atoms with E-state index >= 15 is 0 Å². The molecule has 6 nitrogen and oxygen atoms in total. The average Bonchev–Trinajstić information content (AvgIpc) is 2.57. The van der Waals surface area contributed by atoms with Crippen LogP contribution in [0.1, 0.15) is 5.56 Å². The van der Waals surface area contributed by atoms with Crippen molar-refractivity contribution in [3.05, 3.63) is 67.2 Å². The van der Waals surface area contributed by atoms with Gasteiger partial charge in [-0.1, -0.05) is 41.9 Å². The minimum absolute atomic E-state index is 0. The molecule has 2 amide bonds. The molecular formula is C18H15KN2O4-2. The SMILES string of the molecule is COc1ccc([C-]=CC(=O)N[C-]=C=O)c2ccccc12.[CH2-]C(N)=O.[K+]. The predicted octanol–water partition coefficient (Wildman–Crippen LogP) is -1.87. The van der Waals surface area contributed by atoms with E-state index in [9.17, 15) is 9.59 Å². The molecule has 0 radical (unpaired) electrons. The summed E-state index contributed by atoms with van der Waals surface area (Å²) in [5.74, 6) is 1.03. The van der Waals surface area contributed by atoms with Gasteiger partial charge in [-0.05, 0) is 5.39 Å². The zero-order valence-electron chi connectivity index (χ0n) is 14.0. The molecular weight excluding hydrogens is 347 g/mol. The van der Waals surface area contributed by atoms with Crippen molar-refractivity contribution in [2.24, 2.45) is 5.73 Å². The fourth-order valence-electron chi connectivity index (χ4n) is 1.84. The maximum atomic E-state index is 11.3. The van der Waals surface area contributed by atoms with Crippen molar-refractivity contribution in [3.8, 4) is 5.75 Å². The third kappa shape index (κ3) is 8.17. The Balaban J connectivity index is 0.00000104. The number of amides is 2. The molecule has 0 aliphatic heterocycles. The number of benzene rings is 2. The maximum Gasteiger partial charge on any atom is 1.00 e. The molecule has 2 aromatic rings. The van der Waals surface area contributed by atoms with E-state index in [4.69, 9.17) is 9.53 Å². The van der Waals surface area contributed by atoms with E-state index < -0.39 is 11.8 Å². The van der Waals surface area contributed by atoms with Crippen molar-refractivity contribution in [3.63, 3.8) is 0 Å². The van der Waals surface area contributed by atoms with E-state index in [-0.39, 0.29) is 51.4 Å². The van der Waals surface area contributed by atoms with E-state index in [0.717, 1.165) is 22.1 Å². The van der Waals surface area contributed by atoms with Gasteiger partial charge >= 0.3 is 51.4 Å². The normalized spacial score (nSPS) is 9.16. The number of ether oxygens (including phenoxy) is 1. The van der Waals surface area contributed by atoms with Crippen LogP contribution in [0.15, 0.2) is 42.5 Å². The molecule has 7 heteroatoms. The van der Waals surface area contributed by atoms with Gasteiger partial charge in [-0.15, -0.1) is 23.8 Å². The van der Waals surface area contributed by atoms with Crippen molar-refractivity contribution >= 4 is 28.5 Å². The topological polar surface area (TPSA) is 98.5 Å². The molecule has 3 N–H and O–H groups in total. The van der Waals surface area contributed by atoms with E-state index in [1.165, 1.54) is 12.0 Å². The molecule has 0 bridgehead atoms. The Bertz CT molecular complexity index is 808. The molecule has 2 aromatic carbocycles. The Morgan fingerprint density at radius 1 is 1.24 bits per heavy atom. The number of hydrogen-bond acceptors (Lipinski definition) is 4. The Morgan fingerprint density at radius 2 is 1.84 bits per heavy atom. The number of hydrogen-bond donors (Lipinski definition) is 2. The van der Waals surface area contributed by atoms with E-state index in [2.05, 4.69) is 24.1 Å². The first-order valence-electron chi connectivity index (χ1n) is 6.68. The fourth-order valence-corrected chi connectivity index (χ4v) is 1.84. The largest absolute Gasteiger partial charge is 1.00 e. The maximum absolute atomic E-state index is 11.3. The molecule has 0 aliphatic rings. The third-order valence-electron chi connectivity index (χ3n) is 2.70. The van der Waals surface area contributed by atoms with Crippen molar-refractivity contribution in [1.82, 2.24) is 5.32 Å². The molecule has 0 fully saturated rings. The van der Waals surface area contributed by atoms with Crippen LogP contribution >= 0.6 is 0 Å². The van der Waals surface area contributed by atoms with Crippen LogP contribution in [-0.2, 0) is 14.4 Å². The second-order valence-corrected chi connectivity index (χ2v) is 4.33. The summed E-state index contributed by atoms with van der Waals surface area (Å²) in [6.45, 7) is 2.78. The van der Waals surface area contributed by atoms with E-state index in [1.807, 2.05) is 42.6 Å². The summed E-state index contributed by atoms with van der Waals surface area (Å²) in [5, 5.41) is 3.98. The van der Waals surface area contributed by atoms with Crippen LogP contribution in [0.4, 0.5) is 0 Å². The van der Waals surface area contributed by atoms with Gasteiger partial charge in [0.2, 0.25) is 0 Å². The van der Waals surface area contributed by atoms with Crippen molar-refractivity contribution in [2.45, 2.75) is 0 Å². The fraction of sp³-hybridized carbons (Fsp3) is 0.0556. The summed E-state index contributed by atoms with van der Waals surface area (Å²) in [6, 6.07) is 11.3. The van der Waals surface area contributed by atoms with Crippen molar-refractivity contribution < 1.29 is 70.5 Å². The van der Waals surface area contributed by atoms with Crippen LogP contribution < -0.4 is 67.2 Å². The van der Waals surface area contributed by atoms with Crippen LogP contribution in [0, 0.1) is 19.2 Å². The number of fused-ring (bicyclic) bond motifs is 1. The monoisotopic (exact) mass is 362 g/mol. The van der Waals surface area contributed by atoms with Gasteiger partial charge in [0.1, 0.15) is 5.75 Å². The first kappa shape index (κ1) is 23.1. The molecule has 0 saturated carbocycles. The van der Waals surface area contributed by atoms with Gasteiger partial charge < -0.3 is 32.3 Å². The number of nitrogens with one attached hydrogen (secondary N) is 1. The summed E-state index contributed by atoms with van der Waals surface area (Å²) in [4.78, 5) is 30.4. The minimum Gasteiger partial charge on any atom is -0.498 e. The van der Waals surface area contributed by atoms with Gasteiger partial charge in [-0.2, -0.15) is 0 Å². The number of nitrogens with two attached hydrogens (primary N) is 1. The van der Waals surface area contributed by atoms with Crippen molar-refractivity contribution in [2.75, 3.05) is 7.11 Å². The first-order chi connectivity index (χ1) is 11.5. The van der Waals surface area contributed by atoms with E-state index in [1.54, 1.807) is 7.11 Å². The molecule has 0 aromatic heterocycles. The molecule has 0 atom stereocenters. The zero-order valence-corrected chi connectivity index (χ0v) is 17.1. The standard InChI is InChI=1S/C16H11NO3.C2H4NO.K/c1-20-15-8-6-12(7-9-16(19)17-10-11-18)13-4-2-3-5-14(13)15;1-2(3)4;/h2-6,8-9H,1H3,(H,17,19);1H2,(H2,3,4);/q-2;-1;+1. The van der Waals surface area contributed by atoms with Gasteiger partial charge in [0.15, 0.2) is 0 Å². The Morgan fingerprint density at radius 3 is 2.40 bits per heavy atom. The van der Waals surface area contributed by atoms with Gasteiger partial charge in [-0.25, -0.2) is 0 Å².